The molecule has 2 atom stereocenters. The molecule has 1 saturated heterocycles. The van der Waals surface area contributed by atoms with E-state index in [-0.39, 0.29) is 6.10 Å². The lowest BCUT2D eigenvalue weighted by atomic mass is 10.3. The molecule has 0 saturated carbocycles. The molecule has 1 rings (SSSR count). The molecule has 0 aromatic heterocycles. The van der Waals surface area contributed by atoms with Gasteiger partial charge in [-0.05, 0) is 13.3 Å². The van der Waals surface area contributed by atoms with E-state index >= 15 is 0 Å². The van der Waals surface area contributed by atoms with Crippen molar-refractivity contribution in [3.8, 4) is 11.8 Å². The van der Waals surface area contributed by atoms with Gasteiger partial charge in [-0.15, -0.1) is 5.92 Å². The van der Waals surface area contributed by atoms with E-state index in [1.807, 2.05) is 0 Å². The highest BCUT2D eigenvalue weighted by Crippen LogP contribution is 2.50. The van der Waals surface area contributed by atoms with E-state index in [4.69, 9.17) is 4.52 Å². The summed E-state index contributed by atoms with van der Waals surface area (Å²) < 4.78 is 16.4. The molecule has 0 N–H and O–H groups in total. The van der Waals surface area contributed by atoms with Gasteiger partial charge in [0.05, 0.1) is 0 Å². The lowest BCUT2D eigenvalue weighted by molar-refractivity contribution is 0.293. The van der Waals surface area contributed by atoms with Gasteiger partial charge >= 0.3 is 0 Å². The van der Waals surface area contributed by atoms with Crippen LogP contribution in [0.2, 0.25) is 0 Å². The van der Waals surface area contributed by atoms with Crippen LogP contribution in [0.25, 0.3) is 0 Å². The molecule has 1 fully saturated rings. The molecule has 1 aliphatic rings. The fourth-order valence-corrected chi connectivity index (χ4v) is 2.49. The number of hydrogen-bond donors (Lipinski definition) is 0. The minimum Gasteiger partial charge on any atom is -0.312 e. The zero-order chi connectivity index (χ0) is 7.61. The van der Waals surface area contributed by atoms with E-state index in [1.54, 1.807) is 13.6 Å². The van der Waals surface area contributed by atoms with Crippen molar-refractivity contribution in [2.45, 2.75) is 19.4 Å². The predicted molar refractivity (Wildman–Crippen MR) is 41.3 cm³/mol. The van der Waals surface area contributed by atoms with Gasteiger partial charge in [0.15, 0.2) is 0 Å². The summed E-state index contributed by atoms with van der Waals surface area (Å²) in [5.74, 6) is 5.61. The first-order chi connectivity index (χ1) is 4.64. The van der Waals surface area contributed by atoms with Gasteiger partial charge in [0.1, 0.15) is 6.10 Å². The van der Waals surface area contributed by atoms with Gasteiger partial charge in [-0.2, -0.15) is 0 Å². The standard InChI is InChI=1S/C7H11O2P/c1-3-4-7-5-6-10(2,8)9-7/h7H,5-6H2,1-2H3. The van der Waals surface area contributed by atoms with Gasteiger partial charge in [-0.3, -0.25) is 4.57 Å². The van der Waals surface area contributed by atoms with Crippen molar-refractivity contribution >= 4 is 7.37 Å². The summed E-state index contributed by atoms with van der Waals surface area (Å²) in [4.78, 5) is 0. The lowest BCUT2D eigenvalue weighted by Crippen LogP contribution is -1.98. The highest BCUT2D eigenvalue weighted by molar-refractivity contribution is 7.58. The van der Waals surface area contributed by atoms with Gasteiger partial charge in [0.25, 0.3) is 0 Å². The average molecular weight is 158 g/mol. The summed E-state index contributed by atoms with van der Waals surface area (Å²) in [6.45, 7) is 3.44. The van der Waals surface area contributed by atoms with Crippen LogP contribution >= 0.6 is 7.37 Å². The third-order valence-corrected chi connectivity index (χ3v) is 3.22. The predicted octanol–water partition coefficient (Wildman–Crippen LogP) is 1.71. The zero-order valence-corrected chi connectivity index (χ0v) is 7.15. The minimum absolute atomic E-state index is 0.0687. The van der Waals surface area contributed by atoms with Gasteiger partial charge in [0.2, 0.25) is 7.37 Å². The summed E-state index contributed by atoms with van der Waals surface area (Å²) in [6.07, 6.45) is 1.45. The van der Waals surface area contributed by atoms with Crippen molar-refractivity contribution < 1.29 is 9.09 Å². The van der Waals surface area contributed by atoms with Gasteiger partial charge in [-0.25, -0.2) is 0 Å². The van der Waals surface area contributed by atoms with Crippen molar-refractivity contribution in [2.75, 3.05) is 12.8 Å². The summed E-state index contributed by atoms with van der Waals surface area (Å²) in [5, 5.41) is 0. The summed E-state index contributed by atoms with van der Waals surface area (Å²) >= 11 is 0. The van der Waals surface area contributed by atoms with E-state index in [1.165, 1.54) is 0 Å². The van der Waals surface area contributed by atoms with Crippen molar-refractivity contribution in [2.24, 2.45) is 0 Å². The second kappa shape index (κ2) is 2.78. The Morgan fingerprint density at radius 3 is 2.80 bits per heavy atom. The number of hydrogen-bond acceptors (Lipinski definition) is 2. The van der Waals surface area contributed by atoms with Crippen LogP contribution in [0.4, 0.5) is 0 Å². The molecule has 0 aromatic rings. The maximum atomic E-state index is 11.2. The molecule has 0 amide bonds. The third kappa shape index (κ3) is 1.87. The molecule has 0 bridgehead atoms. The van der Waals surface area contributed by atoms with Crippen molar-refractivity contribution in [1.82, 2.24) is 0 Å². The van der Waals surface area contributed by atoms with Gasteiger partial charge in [0, 0.05) is 12.8 Å². The summed E-state index contributed by atoms with van der Waals surface area (Å²) in [7, 11) is -2.23. The Morgan fingerprint density at radius 2 is 2.40 bits per heavy atom. The lowest BCUT2D eigenvalue weighted by Gasteiger charge is -2.02. The molecule has 0 spiro atoms. The summed E-state index contributed by atoms with van der Waals surface area (Å²) in [6, 6.07) is 0. The van der Waals surface area contributed by atoms with Crippen LogP contribution in [0, 0.1) is 11.8 Å². The number of rotatable bonds is 0. The molecular weight excluding hydrogens is 147 g/mol. The van der Waals surface area contributed by atoms with E-state index in [9.17, 15) is 4.57 Å². The van der Waals surface area contributed by atoms with Crippen LogP contribution in [-0.2, 0) is 9.09 Å². The SMILES string of the molecule is CC#CC1CCP(C)(=O)O1. The first kappa shape index (κ1) is 7.85. The smallest absolute Gasteiger partial charge is 0.201 e. The van der Waals surface area contributed by atoms with Crippen molar-refractivity contribution in [1.29, 1.82) is 0 Å². The van der Waals surface area contributed by atoms with Crippen LogP contribution in [0.15, 0.2) is 0 Å². The van der Waals surface area contributed by atoms with Crippen LogP contribution in [0.1, 0.15) is 13.3 Å². The first-order valence-electron chi connectivity index (χ1n) is 3.31. The second-order valence-electron chi connectivity index (χ2n) is 2.51. The average Bonchev–Trinajstić information content (AvgIpc) is 2.12. The Hall–Kier alpha value is -0.250. The molecule has 0 aliphatic carbocycles. The second-order valence-corrected chi connectivity index (χ2v) is 5.20. The van der Waals surface area contributed by atoms with Crippen LogP contribution in [0.5, 0.6) is 0 Å². The van der Waals surface area contributed by atoms with Crippen LogP contribution in [-0.4, -0.2) is 18.9 Å². The van der Waals surface area contributed by atoms with E-state index in [2.05, 4.69) is 11.8 Å². The fourth-order valence-electron chi connectivity index (χ4n) is 0.986. The van der Waals surface area contributed by atoms with Crippen LogP contribution in [0.3, 0.4) is 0 Å². The van der Waals surface area contributed by atoms with Crippen molar-refractivity contribution in [3.05, 3.63) is 0 Å². The molecule has 0 radical (unpaired) electrons. The Balaban J connectivity index is 2.57. The monoisotopic (exact) mass is 158 g/mol. The van der Waals surface area contributed by atoms with Crippen LogP contribution < -0.4 is 0 Å². The Labute approximate surface area is 61.4 Å². The summed E-state index contributed by atoms with van der Waals surface area (Å²) in [5.41, 5.74) is 0. The van der Waals surface area contributed by atoms with Gasteiger partial charge in [-0.1, -0.05) is 5.92 Å². The molecule has 56 valence electrons. The highest BCUT2D eigenvalue weighted by atomic mass is 31.2. The Kier molecular flexibility index (Phi) is 2.18. The quantitative estimate of drug-likeness (QED) is 0.396. The van der Waals surface area contributed by atoms with Crippen molar-refractivity contribution in [3.63, 3.8) is 0 Å². The molecule has 10 heavy (non-hydrogen) atoms. The first-order valence-corrected chi connectivity index (χ1v) is 5.57. The molecule has 2 nitrogen and oxygen atoms in total. The zero-order valence-electron chi connectivity index (χ0n) is 6.26. The topological polar surface area (TPSA) is 26.3 Å². The molecule has 0 aromatic carbocycles. The normalized spacial score (nSPS) is 38.8. The van der Waals surface area contributed by atoms with E-state index in [0.717, 1.165) is 6.42 Å². The Bertz CT molecular complexity index is 223. The molecular formula is C7H11O2P. The van der Waals surface area contributed by atoms with E-state index in [0.29, 0.717) is 6.16 Å². The fraction of sp³-hybridized carbons (Fsp3) is 0.714. The molecule has 2 unspecified atom stereocenters. The van der Waals surface area contributed by atoms with Gasteiger partial charge < -0.3 is 4.52 Å². The maximum Gasteiger partial charge on any atom is 0.201 e. The molecule has 1 aliphatic heterocycles. The largest absolute Gasteiger partial charge is 0.312 e. The maximum absolute atomic E-state index is 11.2. The highest BCUT2D eigenvalue weighted by Gasteiger charge is 2.29. The molecule has 1 heterocycles. The van der Waals surface area contributed by atoms with E-state index < -0.39 is 7.37 Å². The Morgan fingerprint density at radius 1 is 1.70 bits per heavy atom. The third-order valence-electron chi connectivity index (χ3n) is 1.45. The molecule has 3 heteroatoms. The minimum atomic E-state index is -2.23.